The van der Waals surface area contributed by atoms with Crippen LogP contribution in [0.5, 0.6) is 0 Å². The van der Waals surface area contributed by atoms with E-state index in [9.17, 15) is 0 Å². The molecule has 0 nitrogen and oxygen atoms in total. The van der Waals surface area contributed by atoms with Gasteiger partial charge in [0.15, 0.2) is 0 Å². The highest BCUT2D eigenvalue weighted by molar-refractivity contribution is 7.95. The Morgan fingerprint density at radius 1 is 0.306 bits per heavy atom. The van der Waals surface area contributed by atoms with Crippen LogP contribution in [0, 0.1) is 13.8 Å². The molecule has 0 spiro atoms. The van der Waals surface area contributed by atoms with E-state index in [4.69, 9.17) is 0 Å². The Hall–Kier alpha value is -4.31. The lowest BCUT2D eigenvalue weighted by Crippen LogP contribution is -3.00. The fourth-order valence-corrected chi connectivity index (χ4v) is 16.0. The molecule has 7 rings (SSSR count). The first-order valence-corrected chi connectivity index (χ1v) is 20.7. The lowest BCUT2D eigenvalue weighted by Gasteiger charge is -2.30. The minimum atomic E-state index is -2.01. The van der Waals surface area contributed by atoms with Crippen LogP contribution in [0.1, 0.15) is 22.3 Å². The van der Waals surface area contributed by atoms with Gasteiger partial charge in [0.05, 0.1) is 12.3 Å². The normalized spacial score (nSPS) is 11.5. The van der Waals surface area contributed by atoms with E-state index in [2.05, 4.69) is 208 Å². The summed E-state index contributed by atoms with van der Waals surface area (Å²) in [5.74, 6) is 0. The Bertz CT molecular complexity index is 1720. The van der Waals surface area contributed by atoms with Gasteiger partial charge in [-0.2, -0.15) is 0 Å². The van der Waals surface area contributed by atoms with E-state index in [1.807, 2.05) is 0 Å². The minimum absolute atomic E-state index is 0. The van der Waals surface area contributed by atoms with Gasteiger partial charge in [-0.05, 0) is 109 Å². The molecule has 7 aromatic carbocycles. The van der Waals surface area contributed by atoms with Crippen molar-refractivity contribution in [2.75, 3.05) is 0 Å². The minimum Gasteiger partial charge on any atom is -1.00 e. The molecule has 0 fully saturated rings. The highest BCUT2D eigenvalue weighted by atomic mass is 35.5. The second-order valence-electron chi connectivity index (χ2n) is 12.7. The Balaban J connectivity index is 0.00000417. The number of halogens is 1. The van der Waals surface area contributed by atoms with Gasteiger partial charge in [-0.3, -0.25) is 0 Å². The van der Waals surface area contributed by atoms with Gasteiger partial charge < -0.3 is 12.4 Å². The van der Waals surface area contributed by atoms with Gasteiger partial charge in [0.1, 0.15) is 46.4 Å². The molecule has 242 valence electrons. The number of hydrogen-bond acceptors (Lipinski definition) is 0. The van der Waals surface area contributed by atoms with Crippen molar-refractivity contribution >= 4 is 46.4 Å². The van der Waals surface area contributed by atoms with Gasteiger partial charge in [0.25, 0.3) is 0 Å². The maximum absolute atomic E-state index is 2.52. The van der Waals surface area contributed by atoms with Crippen molar-refractivity contribution in [1.29, 1.82) is 0 Å². The summed E-state index contributed by atoms with van der Waals surface area (Å²) in [4.78, 5) is 0. The molecule has 0 atom stereocenters. The molecular weight excluding hydrogens is 650 g/mol. The van der Waals surface area contributed by atoms with Crippen molar-refractivity contribution in [3.63, 3.8) is 0 Å². The van der Waals surface area contributed by atoms with Crippen LogP contribution in [-0.4, -0.2) is 0 Å². The maximum atomic E-state index is 2.52. The Labute approximate surface area is 300 Å². The number of benzene rings is 7. The number of aryl methyl sites for hydroxylation is 2. The van der Waals surface area contributed by atoms with Crippen LogP contribution in [0.4, 0.5) is 0 Å². The van der Waals surface area contributed by atoms with Crippen LogP contribution < -0.4 is 44.2 Å². The SMILES string of the molecule is Cc1cc(C[P+](c2ccccc2)(c2ccccc2)c2ccccc2)c(C)cc1C[P+](c1ccccc1)(c1ccccc1)c1ccccc1.[Cl-]. The fourth-order valence-electron chi connectivity index (χ4n) is 7.32. The average molecular weight is 692 g/mol. The van der Waals surface area contributed by atoms with E-state index >= 15 is 0 Å². The Morgan fingerprint density at radius 2 is 0.490 bits per heavy atom. The fraction of sp³-hybridized carbons (Fsp3) is 0.0870. The molecule has 0 saturated carbocycles. The molecular formula is C46H42ClP2+. The molecule has 7 aromatic rings. The van der Waals surface area contributed by atoms with Gasteiger partial charge in [-0.1, -0.05) is 121 Å². The van der Waals surface area contributed by atoms with Crippen molar-refractivity contribution in [2.45, 2.75) is 26.2 Å². The lowest BCUT2D eigenvalue weighted by molar-refractivity contribution is -0.00000937. The molecule has 0 saturated heterocycles. The Morgan fingerprint density at radius 3 is 0.673 bits per heavy atom. The summed E-state index contributed by atoms with van der Waals surface area (Å²) in [6.45, 7) is 4.67. The lowest BCUT2D eigenvalue weighted by atomic mass is 10.0. The van der Waals surface area contributed by atoms with E-state index in [1.54, 1.807) is 0 Å². The van der Waals surface area contributed by atoms with Crippen molar-refractivity contribution < 1.29 is 12.4 Å². The molecule has 3 heteroatoms. The van der Waals surface area contributed by atoms with Crippen molar-refractivity contribution in [2.24, 2.45) is 0 Å². The summed E-state index contributed by atoms with van der Waals surface area (Å²) >= 11 is 0. The van der Waals surface area contributed by atoms with Crippen LogP contribution in [0.15, 0.2) is 194 Å². The topological polar surface area (TPSA) is 0 Å². The zero-order valence-electron chi connectivity index (χ0n) is 28.2. The van der Waals surface area contributed by atoms with E-state index in [0.29, 0.717) is 0 Å². The zero-order chi connectivity index (χ0) is 32.8. The van der Waals surface area contributed by atoms with E-state index in [1.165, 1.54) is 54.1 Å². The summed E-state index contributed by atoms with van der Waals surface area (Å²) in [7, 11) is -4.03. The van der Waals surface area contributed by atoms with E-state index < -0.39 is 14.5 Å². The van der Waals surface area contributed by atoms with E-state index in [0.717, 1.165) is 12.3 Å². The molecule has 0 heterocycles. The second kappa shape index (κ2) is 15.5. The van der Waals surface area contributed by atoms with Crippen molar-refractivity contribution in [3.8, 4) is 0 Å². The average Bonchev–Trinajstić information content (AvgIpc) is 3.16. The smallest absolute Gasteiger partial charge is 0.116 e. The largest absolute Gasteiger partial charge is 1.00 e. The summed E-state index contributed by atoms with van der Waals surface area (Å²) in [6.07, 6.45) is 1.96. The third-order valence-electron chi connectivity index (χ3n) is 9.79. The third kappa shape index (κ3) is 6.80. The summed E-state index contributed by atoms with van der Waals surface area (Å²) in [5.41, 5.74) is 5.61. The van der Waals surface area contributed by atoms with Crippen molar-refractivity contribution in [1.82, 2.24) is 0 Å². The molecule has 0 aliphatic rings. The standard InChI is InChI=1S/C46H42P2.ClH/c1-37-33-40(36-48(44-27-15-6-16-28-44,45-29-17-7-18-30-45)46-31-19-8-20-32-46)38(2)34-39(37)35-47(41-21-9-3-10-22-41,42-23-11-4-12-24-42)43-25-13-5-14-26-43;/h3-34H,35-36H2,1-2H3;1H/q+2;/p-1. The van der Waals surface area contributed by atoms with Crippen LogP contribution in [-0.2, 0) is 12.3 Å². The van der Waals surface area contributed by atoms with Crippen LogP contribution in [0.25, 0.3) is 0 Å². The molecule has 0 aliphatic carbocycles. The molecule has 0 radical (unpaired) electrons. The predicted octanol–water partition coefficient (Wildman–Crippen LogP) is 6.30. The van der Waals surface area contributed by atoms with Gasteiger partial charge in [0, 0.05) is 0 Å². The quantitative estimate of drug-likeness (QED) is 0.148. The molecule has 0 bridgehead atoms. The summed E-state index contributed by atoms with van der Waals surface area (Å²) < 4.78 is 0. The van der Waals surface area contributed by atoms with Crippen LogP contribution >= 0.6 is 14.5 Å². The molecule has 49 heavy (non-hydrogen) atoms. The van der Waals surface area contributed by atoms with Crippen molar-refractivity contribution in [3.05, 3.63) is 216 Å². The molecule has 0 aliphatic heterocycles. The first-order chi connectivity index (χ1) is 23.6. The first-order valence-electron chi connectivity index (χ1n) is 16.8. The molecule has 0 N–H and O–H groups in total. The number of rotatable bonds is 10. The molecule has 0 aromatic heterocycles. The van der Waals surface area contributed by atoms with Gasteiger partial charge in [-0.15, -0.1) is 0 Å². The number of hydrogen-bond donors (Lipinski definition) is 0. The Kier molecular flexibility index (Phi) is 10.9. The van der Waals surface area contributed by atoms with Gasteiger partial charge in [-0.25, -0.2) is 0 Å². The zero-order valence-corrected chi connectivity index (χ0v) is 30.7. The van der Waals surface area contributed by atoms with Crippen LogP contribution in [0.2, 0.25) is 0 Å². The highest BCUT2D eigenvalue weighted by Gasteiger charge is 2.47. The third-order valence-corrected chi connectivity index (χ3v) is 18.5. The highest BCUT2D eigenvalue weighted by Crippen LogP contribution is 2.60. The summed E-state index contributed by atoms with van der Waals surface area (Å²) in [5, 5.41) is 8.53. The van der Waals surface area contributed by atoms with Gasteiger partial charge >= 0.3 is 0 Å². The molecule has 0 unspecified atom stereocenters. The van der Waals surface area contributed by atoms with E-state index in [-0.39, 0.29) is 12.4 Å². The predicted molar refractivity (Wildman–Crippen MR) is 214 cm³/mol. The monoisotopic (exact) mass is 691 g/mol. The molecule has 0 amide bonds. The maximum Gasteiger partial charge on any atom is 0.116 e. The summed E-state index contributed by atoms with van der Waals surface area (Å²) in [6, 6.07) is 72.5. The van der Waals surface area contributed by atoms with Gasteiger partial charge in [0.2, 0.25) is 0 Å². The van der Waals surface area contributed by atoms with Crippen LogP contribution in [0.3, 0.4) is 0 Å². The first kappa shape index (κ1) is 34.5. The second-order valence-corrected chi connectivity index (χ2v) is 19.6.